The van der Waals surface area contributed by atoms with Crippen molar-refractivity contribution in [1.82, 2.24) is 0 Å². The summed E-state index contributed by atoms with van der Waals surface area (Å²) in [5.74, 6) is -6.02. The lowest BCUT2D eigenvalue weighted by Gasteiger charge is -2.16. The molecule has 2 aromatic carbocycles. The molecule has 138 valence electrons. The van der Waals surface area contributed by atoms with Crippen LogP contribution in [0.2, 0.25) is 0 Å². The SMILES string of the molecule is CCOC(=O)C(Cc1cccc(C(C)(F)F)c1)C(=O)c1ccc(F)cc1. The fourth-order valence-corrected chi connectivity index (χ4v) is 2.55. The molecule has 1 atom stereocenters. The minimum atomic E-state index is -3.03. The van der Waals surface area contributed by atoms with Gasteiger partial charge in [0.2, 0.25) is 0 Å². The van der Waals surface area contributed by atoms with Crippen LogP contribution in [-0.4, -0.2) is 18.4 Å². The van der Waals surface area contributed by atoms with Crippen LogP contribution in [-0.2, 0) is 21.9 Å². The Hall–Kier alpha value is -2.63. The van der Waals surface area contributed by atoms with Gasteiger partial charge in [0.1, 0.15) is 11.7 Å². The molecule has 0 aliphatic carbocycles. The van der Waals surface area contributed by atoms with E-state index in [0.29, 0.717) is 5.56 Å². The molecule has 6 heteroatoms. The summed E-state index contributed by atoms with van der Waals surface area (Å²) in [7, 11) is 0. The van der Waals surface area contributed by atoms with Gasteiger partial charge >= 0.3 is 5.97 Å². The van der Waals surface area contributed by atoms with Crippen molar-refractivity contribution in [3.8, 4) is 0 Å². The van der Waals surface area contributed by atoms with Gasteiger partial charge in [-0.15, -0.1) is 0 Å². The number of carbonyl (C=O) groups is 2. The van der Waals surface area contributed by atoms with Crippen molar-refractivity contribution < 1.29 is 27.5 Å². The maximum atomic E-state index is 13.5. The van der Waals surface area contributed by atoms with E-state index in [4.69, 9.17) is 4.74 Å². The molecule has 0 heterocycles. The molecule has 0 saturated heterocycles. The quantitative estimate of drug-likeness (QED) is 0.411. The Kier molecular flexibility index (Phi) is 6.18. The molecular weight excluding hydrogens is 345 g/mol. The molecule has 2 aromatic rings. The zero-order valence-corrected chi connectivity index (χ0v) is 14.5. The predicted octanol–water partition coefficient (Wildman–Crippen LogP) is 4.54. The summed E-state index contributed by atoms with van der Waals surface area (Å²) in [5, 5.41) is 0. The van der Waals surface area contributed by atoms with E-state index < -0.39 is 29.4 Å². The van der Waals surface area contributed by atoms with E-state index in [0.717, 1.165) is 19.1 Å². The van der Waals surface area contributed by atoms with Crippen molar-refractivity contribution >= 4 is 11.8 Å². The van der Waals surface area contributed by atoms with Crippen molar-refractivity contribution in [2.75, 3.05) is 6.61 Å². The monoisotopic (exact) mass is 364 g/mol. The van der Waals surface area contributed by atoms with Gasteiger partial charge in [-0.25, -0.2) is 13.2 Å². The first kappa shape index (κ1) is 19.7. The lowest BCUT2D eigenvalue weighted by molar-refractivity contribution is -0.146. The van der Waals surface area contributed by atoms with Crippen molar-refractivity contribution in [2.24, 2.45) is 5.92 Å². The van der Waals surface area contributed by atoms with Gasteiger partial charge in [0.15, 0.2) is 5.78 Å². The molecule has 3 nitrogen and oxygen atoms in total. The Morgan fingerprint density at radius 1 is 1.12 bits per heavy atom. The molecule has 0 N–H and O–H groups in total. The topological polar surface area (TPSA) is 43.4 Å². The zero-order valence-electron chi connectivity index (χ0n) is 14.5. The largest absolute Gasteiger partial charge is 0.465 e. The average Bonchev–Trinajstić information content (AvgIpc) is 2.59. The van der Waals surface area contributed by atoms with Gasteiger partial charge in [-0.05, 0) is 49.2 Å². The third kappa shape index (κ3) is 4.94. The number of benzene rings is 2. The average molecular weight is 364 g/mol. The van der Waals surface area contributed by atoms with Gasteiger partial charge in [-0.1, -0.05) is 18.2 Å². The fourth-order valence-electron chi connectivity index (χ4n) is 2.55. The molecule has 0 aliphatic rings. The number of hydrogen-bond donors (Lipinski definition) is 0. The molecule has 0 bridgehead atoms. The van der Waals surface area contributed by atoms with Crippen LogP contribution in [0.3, 0.4) is 0 Å². The number of alkyl halides is 2. The second-order valence-electron chi connectivity index (χ2n) is 5.97. The maximum absolute atomic E-state index is 13.5. The predicted molar refractivity (Wildman–Crippen MR) is 90.6 cm³/mol. The van der Waals surface area contributed by atoms with E-state index in [-0.39, 0.29) is 24.2 Å². The number of carbonyl (C=O) groups excluding carboxylic acids is 2. The number of rotatable bonds is 7. The fraction of sp³-hybridized carbons (Fsp3) is 0.300. The lowest BCUT2D eigenvalue weighted by atomic mass is 9.90. The molecule has 26 heavy (non-hydrogen) atoms. The molecule has 0 saturated carbocycles. The smallest absolute Gasteiger partial charge is 0.317 e. The highest BCUT2D eigenvalue weighted by Crippen LogP contribution is 2.28. The van der Waals surface area contributed by atoms with Gasteiger partial charge in [0.05, 0.1) is 6.61 Å². The third-order valence-electron chi connectivity index (χ3n) is 3.89. The van der Waals surface area contributed by atoms with E-state index in [1.165, 1.54) is 30.3 Å². The summed E-state index contributed by atoms with van der Waals surface area (Å²) in [6, 6.07) is 10.4. The van der Waals surface area contributed by atoms with Crippen LogP contribution in [0.25, 0.3) is 0 Å². The Labute approximate surface area is 149 Å². The number of Topliss-reactive ketones (excluding diaryl/α,β-unsaturated/α-hetero) is 1. The molecule has 2 rings (SSSR count). The van der Waals surface area contributed by atoms with Crippen LogP contribution in [0.4, 0.5) is 13.2 Å². The second-order valence-corrected chi connectivity index (χ2v) is 5.97. The van der Waals surface area contributed by atoms with E-state index in [2.05, 4.69) is 0 Å². The minimum absolute atomic E-state index is 0.0824. The van der Waals surface area contributed by atoms with Crippen LogP contribution >= 0.6 is 0 Å². The van der Waals surface area contributed by atoms with Crippen LogP contribution in [0.5, 0.6) is 0 Å². The van der Waals surface area contributed by atoms with E-state index >= 15 is 0 Å². The number of halogens is 3. The first-order valence-corrected chi connectivity index (χ1v) is 8.16. The van der Waals surface area contributed by atoms with E-state index in [1.807, 2.05) is 0 Å². The highest BCUT2D eigenvalue weighted by atomic mass is 19.3. The first-order valence-electron chi connectivity index (χ1n) is 8.16. The summed E-state index contributed by atoms with van der Waals surface area (Å²) in [6.45, 7) is 2.47. The normalized spacial score (nSPS) is 12.5. The van der Waals surface area contributed by atoms with Crippen molar-refractivity contribution in [1.29, 1.82) is 0 Å². The molecule has 0 aromatic heterocycles. The van der Waals surface area contributed by atoms with Gasteiger partial charge < -0.3 is 4.74 Å². The summed E-state index contributed by atoms with van der Waals surface area (Å²) >= 11 is 0. The molecule has 0 radical (unpaired) electrons. The van der Waals surface area contributed by atoms with Crippen molar-refractivity contribution in [3.63, 3.8) is 0 Å². The Morgan fingerprint density at radius 3 is 2.35 bits per heavy atom. The van der Waals surface area contributed by atoms with Gasteiger partial charge in [-0.2, -0.15) is 0 Å². The second kappa shape index (κ2) is 8.17. The summed E-state index contributed by atoms with van der Waals surface area (Å²) in [4.78, 5) is 24.9. The molecule has 0 aliphatic heterocycles. The Balaban J connectivity index is 2.32. The number of ether oxygens (including phenoxy) is 1. The zero-order chi connectivity index (χ0) is 19.3. The van der Waals surface area contributed by atoms with E-state index in [1.54, 1.807) is 13.0 Å². The van der Waals surface area contributed by atoms with Crippen molar-refractivity contribution in [2.45, 2.75) is 26.2 Å². The van der Waals surface area contributed by atoms with Crippen LogP contribution in [0, 0.1) is 11.7 Å². The summed E-state index contributed by atoms with van der Waals surface area (Å²) < 4.78 is 45.1. The van der Waals surface area contributed by atoms with Gasteiger partial charge in [0.25, 0.3) is 5.92 Å². The Morgan fingerprint density at radius 2 is 1.77 bits per heavy atom. The Bertz CT molecular complexity index is 780. The molecular formula is C20H19F3O3. The van der Waals surface area contributed by atoms with Gasteiger partial charge in [-0.3, -0.25) is 9.59 Å². The number of esters is 1. The summed E-state index contributed by atoms with van der Waals surface area (Å²) in [6.07, 6.45) is -0.0844. The number of ketones is 1. The molecule has 0 fully saturated rings. The minimum Gasteiger partial charge on any atom is -0.465 e. The van der Waals surface area contributed by atoms with Crippen LogP contribution in [0.1, 0.15) is 35.3 Å². The van der Waals surface area contributed by atoms with Crippen LogP contribution < -0.4 is 0 Å². The summed E-state index contributed by atoms with van der Waals surface area (Å²) in [5.41, 5.74) is 0.366. The van der Waals surface area contributed by atoms with E-state index in [9.17, 15) is 22.8 Å². The first-order chi connectivity index (χ1) is 12.2. The van der Waals surface area contributed by atoms with Crippen LogP contribution in [0.15, 0.2) is 48.5 Å². The van der Waals surface area contributed by atoms with Gasteiger partial charge in [0, 0.05) is 18.1 Å². The molecule has 0 amide bonds. The number of hydrogen-bond acceptors (Lipinski definition) is 3. The maximum Gasteiger partial charge on any atom is 0.317 e. The lowest BCUT2D eigenvalue weighted by Crippen LogP contribution is -2.28. The third-order valence-corrected chi connectivity index (χ3v) is 3.89. The highest BCUT2D eigenvalue weighted by Gasteiger charge is 2.30. The molecule has 0 spiro atoms. The highest BCUT2D eigenvalue weighted by molar-refractivity contribution is 6.08. The molecule has 1 unspecified atom stereocenters. The van der Waals surface area contributed by atoms with Crippen molar-refractivity contribution in [3.05, 3.63) is 71.0 Å². The standard InChI is InChI=1S/C20H19F3O3/c1-3-26-19(25)17(18(24)14-7-9-16(21)10-8-14)12-13-5-4-6-15(11-13)20(2,22)23/h4-11,17H,3,12H2,1-2H3.